The van der Waals surface area contributed by atoms with Crippen molar-refractivity contribution in [3.05, 3.63) is 75.1 Å². The second-order valence-corrected chi connectivity index (χ2v) is 8.87. The highest BCUT2D eigenvalue weighted by Crippen LogP contribution is 2.21. The van der Waals surface area contributed by atoms with Crippen molar-refractivity contribution in [1.82, 2.24) is 9.88 Å². The fraction of sp³-hybridized carbons (Fsp3) is 0.360. The van der Waals surface area contributed by atoms with Gasteiger partial charge < -0.3 is 19.9 Å². The molecule has 2 heterocycles. The minimum Gasteiger partial charge on any atom is -0.376 e. The number of anilines is 1. The fourth-order valence-electron chi connectivity index (χ4n) is 4.22. The molecule has 6 heteroatoms. The number of benzene rings is 2. The Morgan fingerprint density at radius 3 is 2.77 bits per heavy atom. The zero-order valence-corrected chi connectivity index (χ0v) is 19.1. The SMILES string of the molecule is Cc1cccc(NC(=S)N(Cc2cc3c(C)cc(C)cc3[nH]c2=O)C[C@@H]2CCCO2)c1. The van der Waals surface area contributed by atoms with Crippen molar-refractivity contribution in [2.75, 3.05) is 18.5 Å². The number of aromatic nitrogens is 1. The van der Waals surface area contributed by atoms with E-state index < -0.39 is 0 Å². The van der Waals surface area contributed by atoms with Crippen molar-refractivity contribution in [2.45, 2.75) is 46.3 Å². The van der Waals surface area contributed by atoms with Gasteiger partial charge in [-0.25, -0.2) is 0 Å². The lowest BCUT2D eigenvalue weighted by molar-refractivity contribution is 0.0904. The summed E-state index contributed by atoms with van der Waals surface area (Å²) in [6.45, 7) is 8.03. The summed E-state index contributed by atoms with van der Waals surface area (Å²) in [6.07, 6.45) is 2.20. The van der Waals surface area contributed by atoms with Crippen LogP contribution in [0.5, 0.6) is 0 Å². The first-order chi connectivity index (χ1) is 14.9. The number of thiocarbonyl (C=S) groups is 1. The quantitative estimate of drug-likeness (QED) is 0.562. The number of nitrogens with zero attached hydrogens (tertiary/aromatic N) is 1. The number of hydrogen-bond acceptors (Lipinski definition) is 3. The number of aromatic amines is 1. The molecule has 1 saturated heterocycles. The summed E-state index contributed by atoms with van der Waals surface area (Å²) in [4.78, 5) is 18.0. The molecule has 1 aliphatic heterocycles. The molecule has 0 radical (unpaired) electrons. The normalized spacial score (nSPS) is 15.9. The third-order valence-electron chi connectivity index (χ3n) is 5.76. The number of pyridine rings is 1. The van der Waals surface area contributed by atoms with Crippen LogP contribution in [-0.2, 0) is 11.3 Å². The van der Waals surface area contributed by atoms with Gasteiger partial charge in [-0.15, -0.1) is 0 Å². The predicted molar refractivity (Wildman–Crippen MR) is 131 cm³/mol. The molecule has 0 aliphatic carbocycles. The van der Waals surface area contributed by atoms with E-state index in [2.05, 4.69) is 42.3 Å². The first-order valence-corrected chi connectivity index (χ1v) is 11.2. The number of aryl methyl sites for hydroxylation is 3. The van der Waals surface area contributed by atoms with E-state index in [4.69, 9.17) is 17.0 Å². The van der Waals surface area contributed by atoms with Gasteiger partial charge in [-0.3, -0.25) is 4.79 Å². The van der Waals surface area contributed by atoms with Gasteiger partial charge in [0.1, 0.15) is 0 Å². The maximum absolute atomic E-state index is 12.9. The van der Waals surface area contributed by atoms with E-state index in [0.29, 0.717) is 23.8 Å². The molecule has 0 saturated carbocycles. The standard InChI is InChI=1S/C25H29N3O2S/c1-16-6-4-7-20(11-16)26-25(31)28(15-21-8-5-9-30-21)14-19-13-22-18(3)10-17(2)12-23(22)27-24(19)29/h4,6-7,10-13,21H,5,8-9,14-15H2,1-3H3,(H,26,31)(H,27,29)/t21-/m0/s1. The summed E-state index contributed by atoms with van der Waals surface area (Å²) in [5.74, 6) is 0. The highest BCUT2D eigenvalue weighted by Gasteiger charge is 2.22. The number of H-pyrrole nitrogens is 1. The molecule has 4 rings (SSSR count). The van der Waals surface area contributed by atoms with Gasteiger partial charge in [0.2, 0.25) is 0 Å². The van der Waals surface area contributed by atoms with E-state index in [9.17, 15) is 4.79 Å². The Balaban J connectivity index is 1.63. The molecule has 1 aromatic heterocycles. The molecule has 162 valence electrons. The third kappa shape index (κ3) is 5.14. The summed E-state index contributed by atoms with van der Waals surface area (Å²) in [7, 11) is 0. The van der Waals surface area contributed by atoms with Crippen LogP contribution in [0.3, 0.4) is 0 Å². The van der Waals surface area contributed by atoms with Gasteiger partial charge in [-0.05, 0) is 86.8 Å². The van der Waals surface area contributed by atoms with Gasteiger partial charge in [0.15, 0.2) is 5.11 Å². The lowest BCUT2D eigenvalue weighted by Gasteiger charge is -2.28. The molecule has 0 amide bonds. The molecule has 2 aromatic carbocycles. The molecule has 1 fully saturated rings. The van der Waals surface area contributed by atoms with E-state index in [1.165, 1.54) is 0 Å². The lowest BCUT2D eigenvalue weighted by atomic mass is 10.0. The second-order valence-electron chi connectivity index (χ2n) is 8.48. The first kappa shape index (κ1) is 21.5. The Labute approximate surface area is 188 Å². The topological polar surface area (TPSA) is 57.4 Å². The molecule has 5 nitrogen and oxygen atoms in total. The van der Waals surface area contributed by atoms with Gasteiger partial charge >= 0.3 is 0 Å². The van der Waals surface area contributed by atoms with Gasteiger partial charge in [0, 0.05) is 35.3 Å². The predicted octanol–water partition coefficient (Wildman–Crippen LogP) is 4.83. The van der Waals surface area contributed by atoms with E-state index in [-0.39, 0.29) is 11.7 Å². The number of hydrogen-bond donors (Lipinski definition) is 2. The summed E-state index contributed by atoms with van der Waals surface area (Å²) >= 11 is 5.76. The van der Waals surface area contributed by atoms with Crippen molar-refractivity contribution in [3.63, 3.8) is 0 Å². The van der Waals surface area contributed by atoms with Crippen molar-refractivity contribution in [3.8, 4) is 0 Å². The monoisotopic (exact) mass is 435 g/mol. The number of ether oxygens (including phenoxy) is 1. The molecule has 3 aromatic rings. The number of nitrogens with one attached hydrogen (secondary N) is 2. The summed E-state index contributed by atoms with van der Waals surface area (Å²) in [5, 5.41) is 5.01. The minimum absolute atomic E-state index is 0.0757. The van der Waals surface area contributed by atoms with E-state index >= 15 is 0 Å². The van der Waals surface area contributed by atoms with Crippen LogP contribution < -0.4 is 10.9 Å². The molecule has 1 aliphatic rings. The largest absolute Gasteiger partial charge is 0.376 e. The molecular weight excluding hydrogens is 406 g/mol. The van der Waals surface area contributed by atoms with Crippen LogP contribution in [0.2, 0.25) is 0 Å². The van der Waals surface area contributed by atoms with Crippen LogP contribution in [-0.4, -0.2) is 34.3 Å². The zero-order valence-electron chi connectivity index (χ0n) is 18.3. The maximum atomic E-state index is 12.9. The third-order valence-corrected chi connectivity index (χ3v) is 6.12. The molecule has 31 heavy (non-hydrogen) atoms. The van der Waals surface area contributed by atoms with Crippen LogP contribution >= 0.6 is 12.2 Å². The molecule has 1 atom stereocenters. The Hall–Kier alpha value is -2.70. The van der Waals surface area contributed by atoms with E-state index in [1.807, 2.05) is 36.1 Å². The van der Waals surface area contributed by atoms with Crippen LogP contribution in [0.25, 0.3) is 10.9 Å². The minimum atomic E-state index is -0.0757. The molecule has 2 N–H and O–H groups in total. The van der Waals surface area contributed by atoms with Gasteiger partial charge in [-0.2, -0.15) is 0 Å². The van der Waals surface area contributed by atoms with Crippen LogP contribution in [0, 0.1) is 20.8 Å². The molecule has 0 spiro atoms. The highest BCUT2D eigenvalue weighted by molar-refractivity contribution is 7.80. The maximum Gasteiger partial charge on any atom is 0.253 e. The Kier molecular flexibility index (Phi) is 6.39. The van der Waals surface area contributed by atoms with Crippen LogP contribution in [0.15, 0.2) is 47.3 Å². The van der Waals surface area contributed by atoms with Crippen molar-refractivity contribution >= 4 is 33.9 Å². The Morgan fingerprint density at radius 2 is 2.03 bits per heavy atom. The van der Waals surface area contributed by atoms with E-state index in [0.717, 1.165) is 52.7 Å². The molecular formula is C25H29N3O2S. The van der Waals surface area contributed by atoms with Gasteiger partial charge in [-0.1, -0.05) is 18.2 Å². The highest BCUT2D eigenvalue weighted by atomic mass is 32.1. The Bertz CT molecular complexity index is 1170. The van der Waals surface area contributed by atoms with Crippen molar-refractivity contribution < 1.29 is 4.74 Å². The van der Waals surface area contributed by atoms with Crippen molar-refractivity contribution in [2.24, 2.45) is 0 Å². The summed E-state index contributed by atoms with van der Waals surface area (Å²) in [6, 6.07) is 14.3. The smallest absolute Gasteiger partial charge is 0.253 e. The lowest BCUT2D eigenvalue weighted by Crippen LogP contribution is -2.40. The zero-order chi connectivity index (χ0) is 22.0. The van der Waals surface area contributed by atoms with Gasteiger partial charge in [0.05, 0.1) is 12.6 Å². The van der Waals surface area contributed by atoms with Gasteiger partial charge in [0.25, 0.3) is 5.56 Å². The van der Waals surface area contributed by atoms with Crippen molar-refractivity contribution in [1.29, 1.82) is 0 Å². The molecule has 0 unspecified atom stereocenters. The average Bonchev–Trinajstić information content (AvgIpc) is 3.21. The first-order valence-electron chi connectivity index (χ1n) is 10.8. The second kappa shape index (κ2) is 9.20. The summed E-state index contributed by atoms with van der Waals surface area (Å²) < 4.78 is 5.86. The van der Waals surface area contributed by atoms with Crippen LogP contribution in [0.1, 0.15) is 35.1 Å². The number of rotatable bonds is 5. The van der Waals surface area contributed by atoms with Crippen LogP contribution in [0.4, 0.5) is 5.69 Å². The number of fused-ring (bicyclic) bond motifs is 1. The fourth-order valence-corrected chi connectivity index (χ4v) is 4.47. The average molecular weight is 436 g/mol. The summed E-state index contributed by atoms with van der Waals surface area (Å²) in [5.41, 5.74) is 5.89. The Morgan fingerprint density at radius 1 is 1.19 bits per heavy atom. The molecule has 0 bridgehead atoms. The van der Waals surface area contributed by atoms with E-state index in [1.54, 1.807) is 0 Å².